The molecule has 0 radical (unpaired) electrons. The molecule has 78 valence electrons. The van der Waals surface area contributed by atoms with Crippen LogP contribution in [0.15, 0.2) is 11.8 Å². The van der Waals surface area contributed by atoms with Gasteiger partial charge in [-0.1, -0.05) is 52.2 Å². The molecule has 0 aliphatic heterocycles. The normalized spacial score (nSPS) is 9.64. The van der Waals surface area contributed by atoms with Crippen molar-refractivity contribution in [3.05, 3.63) is 17.5 Å². The Kier molecular flexibility index (Phi) is 14.7. The van der Waals surface area contributed by atoms with Gasteiger partial charge in [-0.05, 0) is 8.07 Å². The van der Waals surface area contributed by atoms with Crippen LogP contribution in [0, 0.1) is 5.70 Å². The summed E-state index contributed by atoms with van der Waals surface area (Å²) in [4.78, 5) is 0. The van der Waals surface area contributed by atoms with Crippen molar-refractivity contribution >= 4 is 21.7 Å². The van der Waals surface area contributed by atoms with Gasteiger partial charge in [0.15, 0.2) is 0 Å². The number of hydrogen-bond acceptors (Lipinski definition) is 0. The minimum atomic E-state index is -1.12. The van der Waals surface area contributed by atoms with E-state index in [0.717, 1.165) is 0 Å². The topological polar surface area (TPSA) is 0 Å². The maximum atomic E-state index is 3.33. The summed E-state index contributed by atoms with van der Waals surface area (Å²) in [5, 5.41) is 0. The van der Waals surface area contributed by atoms with Crippen molar-refractivity contribution < 1.29 is 16.3 Å². The average Bonchev–Trinajstić information content (AvgIpc) is 2.13. The molecule has 0 rings (SSSR count). The molecule has 0 bridgehead atoms. The molecule has 0 saturated heterocycles. The van der Waals surface area contributed by atoms with Crippen molar-refractivity contribution in [2.75, 3.05) is 0 Å². The zero-order valence-electron chi connectivity index (χ0n) is 9.99. The Morgan fingerprint density at radius 1 is 1.29 bits per heavy atom. The van der Waals surface area contributed by atoms with E-state index in [0.29, 0.717) is 0 Å². The minimum absolute atomic E-state index is 1.12. The van der Waals surface area contributed by atoms with E-state index < -0.39 is 8.07 Å². The predicted octanol–water partition coefficient (Wildman–Crippen LogP) is 4.80. The van der Waals surface area contributed by atoms with Crippen molar-refractivity contribution in [1.82, 2.24) is 0 Å². The summed E-state index contributed by atoms with van der Waals surface area (Å²) < 4.78 is 0. The summed E-state index contributed by atoms with van der Waals surface area (Å²) in [6.07, 6.45) is 7.25. The van der Waals surface area contributed by atoms with E-state index in [4.69, 9.17) is 0 Å². The maximum absolute atomic E-state index is 3.33. The second-order valence-corrected chi connectivity index (χ2v) is 8.97. The molecule has 0 spiro atoms. The van der Waals surface area contributed by atoms with E-state index in [1.54, 1.807) is 0 Å². The van der Waals surface area contributed by atoms with Gasteiger partial charge in [-0.2, -0.15) is 6.08 Å². The first-order valence-electron chi connectivity index (χ1n) is 5.17. The van der Waals surface area contributed by atoms with Crippen LogP contribution in [0.4, 0.5) is 0 Å². The van der Waals surface area contributed by atoms with Gasteiger partial charge in [0.1, 0.15) is 0 Å². The van der Waals surface area contributed by atoms with Crippen molar-refractivity contribution in [2.24, 2.45) is 0 Å². The van der Waals surface area contributed by atoms with Gasteiger partial charge in [-0.15, -0.1) is 0 Å². The van der Waals surface area contributed by atoms with E-state index in [1.165, 1.54) is 42.0 Å². The quantitative estimate of drug-likeness (QED) is 0.294. The molecule has 0 nitrogen and oxygen atoms in total. The van der Waals surface area contributed by atoms with E-state index in [-0.39, 0.29) is 0 Å². The predicted molar refractivity (Wildman–Crippen MR) is 67.7 cm³/mol. The van der Waals surface area contributed by atoms with Crippen molar-refractivity contribution in [2.45, 2.75) is 52.2 Å². The Morgan fingerprint density at radius 3 is 2.29 bits per heavy atom. The molecular weight excluding hydrogens is 306 g/mol. The van der Waals surface area contributed by atoms with Gasteiger partial charge in [0, 0.05) is 0 Å². The summed E-state index contributed by atoms with van der Waals surface area (Å²) in [5.74, 6) is 0. The first-order valence-corrected chi connectivity index (χ1v) is 15.6. The third kappa shape index (κ3) is 18.6. The second kappa shape index (κ2) is 11.9. The number of hydrogen-bond donors (Lipinski definition) is 0. The van der Waals surface area contributed by atoms with E-state index in [2.05, 4.69) is 57.7 Å². The number of unbranched alkanes of at least 4 members (excludes halogenated alkanes) is 3. The summed E-state index contributed by atoms with van der Waals surface area (Å²) in [6, 6.07) is 0. The molecule has 0 aliphatic carbocycles. The fourth-order valence-corrected chi connectivity index (χ4v) is 1.37. The molecule has 0 saturated carbocycles. The van der Waals surface area contributed by atoms with Crippen LogP contribution in [0.3, 0.4) is 0 Å². The van der Waals surface area contributed by atoms with Crippen LogP contribution in [0.5, 0.6) is 0 Å². The molecule has 0 aliphatic rings. The van der Waals surface area contributed by atoms with Gasteiger partial charge in [0.2, 0.25) is 0 Å². The van der Waals surface area contributed by atoms with Crippen LogP contribution in [0.1, 0.15) is 32.6 Å². The van der Waals surface area contributed by atoms with Crippen LogP contribution in [-0.4, -0.2) is 8.07 Å². The molecule has 0 heterocycles. The van der Waals surface area contributed by atoms with Crippen molar-refractivity contribution in [3.63, 3.8) is 0 Å². The van der Waals surface area contributed by atoms with Crippen LogP contribution >= 0.6 is 13.6 Å². The Labute approximate surface area is 107 Å². The van der Waals surface area contributed by atoms with Crippen LogP contribution in [-0.2, 0) is 16.3 Å². The van der Waals surface area contributed by atoms with E-state index in [1.807, 2.05) is 0 Å². The Morgan fingerprint density at radius 2 is 1.86 bits per heavy atom. The molecule has 0 aromatic heterocycles. The molecule has 0 fully saturated rings. The first kappa shape index (κ1) is 17.2. The van der Waals surface area contributed by atoms with Gasteiger partial charge in [-0.3, -0.25) is 0 Å². The summed E-state index contributed by atoms with van der Waals surface area (Å²) in [7, 11) is -1.12. The molecule has 0 N–H and O–H groups in total. The molecule has 0 aromatic rings. The second-order valence-electron chi connectivity index (χ2n) is 4.22. The summed E-state index contributed by atoms with van der Waals surface area (Å²) >= 11 is 4.25. The fraction of sp³-hybridized carbons (Fsp3) is 0.727. The Bertz CT molecular complexity index is 167. The molecular formula is C11H21BrSiZn. The molecule has 0 amide bonds. The Hall–Kier alpha value is 0.840. The summed E-state index contributed by atoms with van der Waals surface area (Å²) in [6.45, 7) is 9.06. The number of rotatable bonds is 5. The number of halogens is 1. The number of allylic oxidation sites excluding steroid dienone is 1. The molecule has 14 heavy (non-hydrogen) atoms. The average molecular weight is 327 g/mol. The van der Waals surface area contributed by atoms with Crippen LogP contribution in [0.25, 0.3) is 0 Å². The first-order chi connectivity index (χ1) is 6.56. The van der Waals surface area contributed by atoms with Gasteiger partial charge in [0.05, 0.1) is 0 Å². The zero-order chi connectivity index (χ0) is 11.4. The molecule has 0 unspecified atom stereocenters. The third-order valence-electron chi connectivity index (χ3n) is 1.50. The molecule has 0 atom stereocenters. The van der Waals surface area contributed by atoms with E-state index >= 15 is 0 Å². The van der Waals surface area contributed by atoms with Crippen molar-refractivity contribution in [3.8, 4) is 0 Å². The van der Waals surface area contributed by atoms with Gasteiger partial charge < -0.3 is 5.73 Å². The van der Waals surface area contributed by atoms with E-state index in [9.17, 15) is 0 Å². The fourth-order valence-electron chi connectivity index (χ4n) is 0.836. The zero-order valence-corrected chi connectivity index (χ0v) is 15.5. The van der Waals surface area contributed by atoms with Crippen molar-refractivity contribution in [1.29, 1.82) is 0 Å². The van der Waals surface area contributed by atoms with Crippen LogP contribution < -0.4 is 0 Å². The van der Waals surface area contributed by atoms with Gasteiger partial charge in [0.25, 0.3) is 0 Å². The molecule has 3 heteroatoms. The monoisotopic (exact) mass is 324 g/mol. The Balaban J connectivity index is 0. The SMILES string of the molecule is CCCCCC=C=[C-][Si](C)(C)C.[Zn+][Br]. The standard InChI is InChI=1S/C11H21Si.BrH.Zn/c1-5-6-7-8-9-10-11-12(2,3)4;;/h9H,5-8H2,1-4H3;1H;/q-1;;+2/p-1. The van der Waals surface area contributed by atoms with Gasteiger partial charge in [-0.25, -0.2) is 5.70 Å². The van der Waals surface area contributed by atoms with Gasteiger partial charge >= 0.3 is 30.0 Å². The van der Waals surface area contributed by atoms with Crippen LogP contribution in [0.2, 0.25) is 19.6 Å². The summed E-state index contributed by atoms with van der Waals surface area (Å²) in [5.41, 5.74) is 6.50. The molecule has 0 aromatic carbocycles. The third-order valence-corrected chi connectivity index (χ3v) is 2.40.